The van der Waals surface area contributed by atoms with Crippen LogP contribution in [-0.4, -0.2) is 52.6 Å². The monoisotopic (exact) mass is 391 g/mol. The van der Waals surface area contributed by atoms with Crippen LogP contribution in [-0.2, 0) is 6.42 Å². The summed E-state index contributed by atoms with van der Waals surface area (Å²) in [5.74, 6) is 1.69. The van der Waals surface area contributed by atoms with Crippen molar-refractivity contribution in [1.82, 2.24) is 19.9 Å². The van der Waals surface area contributed by atoms with Gasteiger partial charge < -0.3 is 19.7 Å². The Labute approximate surface area is 168 Å². The van der Waals surface area contributed by atoms with Crippen LogP contribution < -0.4 is 14.8 Å². The Hall–Kier alpha value is -3.68. The summed E-state index contributed by atoms with van der Waals surface area (Å²) in [7, 11) is 1.77. The molecule has 0 atom stereocenters. The van der Waals surface area contributed by atoms with Gasteiger partial charge in [0.2, 0.25) is 5.95 Å². The lowest BCUT2D eigenvalue weighted by Gasteiger charge is -2.19. The number of nitrogens with one attached hydrogen (secondary N) is 1. The molecule has 0 radical (unpaired) electrons. The number of nitrogens with zero attached hydrogens (tertiary/aromatic N) is 4. The molecule has 0 aliphatic carbocycles. The minimum Gasteiger partial charge on any atom is -0.486 e. The van der Waals surface area contributed by atoms with Gasteiger partial charge in [-0.2, -0.15) is 0 Å². The van der Waals surface area contributed by atoms with Crippen molar-refractivity contribution in [2.45, 2.75) is 6.42 Å². The molecule has 1 aliphatic rings. The summed E-state index contributed by atoms with van der Waals surface area (Å²) in [4.78, 5) is 26.8. The lowest BCUT2D eigenvalue weighted by molar-refractivity contribution is 0.0796. The van der Waals surface area contributed by atoms with Crippen molar-refractivity contribution in [1.29, 1.82) is 0 Å². The Morgan fingerprint density at radius 2 is 1.79 bits per heavy atom. The molecular weight excluding hydrogens is 370 g/mol. The zero-order valence-corrected chi connectivity index (χ0v) is 16.0. The number of benzene rings is 1. The Morgan fingerprint density at radius 3 is 2.55 bits per heavy atom. The second kappa shape index (κ2) is 8.55. The third kappa shape index (κ3) is 4.60. The maximum atomic E-state index is 12.6. The molecule has 29 heavy (non-hydrogen) atoms. The van der Waals surface area contributed by atoms with Gasteiger partial charge in [-0.25, -0.2) is 9.97 Å². The van der Waals surface area contributed by atoms with Crippen LogP contribution in [0.15, 0.2) is 55.1 Å². The Balaban J connectivity index is 1.36. The van der Waals surface area contributed by atoms with Crippen molar-refractivity contribution in [3.8, 4) is 11.5 Å². The van der Waals surface area contributed by atoms with E-state index in [0.717, 1.165) is 23.4 Å². The lowest BCUT2D eigenvalue weighted by atomic mass is 10.2. The predicted molar refractivity (Wildman–Crippen MR) is 108 cm³/mol. The first-order chi connectivity index (χ1) is 14.2. The minimum atomic E-state index is -0.120. The zero-order valence-electron chi connectivity index (χ0n) is 16.0. The molecule has 0 spiro atoms. The molecule has 1 aliphatic heterocycles. The van der Waals surface area contributed by atoms with Gasteiger partial charge in [-0.15, -0.1) is 0 Å². The normalized spacial score (nSPS) is 12.3. The van der Waals surface area contributed by atoms with Crippen molar-refractivity contribution in [2.24, 2.45) is 0 Å². The number of ether oxygens (including phenoxy) is 2. The number of carbonyl (C=O) groups excluding carboxylic acids is 1. The van der Waals surface area contributed by atoms with E-state index in [4.69, 9.17) is 9.47 Å². The molecule has 3 aromatic rings. The van der Waals surface area contributed by atoms with Crippen LogP contribution >= 0.6 is 0 Å². The van der Waals surface area contributed by atoms with Crippen LogP contribution in [0.1, 0.15) is 15.9 Å². The number of amides is 1. The highest BCUT2D eigenvalue weighted by atomic mass is 16.6. The third-order valence-electron chi connectivity index (χ3n) is 4.53. The van der Waals surface area contributed by atoms with E-state index in [0.29, 0.717) is 37.0 Å². The number of likely N-dealkylation sites (N-methyl/N-ethyl adjacent to an activating group) is 1. The topological polar surface area (TPSA) is 89.5 Å². The Morgan fingerprint density at radius 1 is 1.07 bits per heavy atom. The highest BCUT2D eigenvalue weighted by Gasteiger charge is 2.14. The molecule has 3 heterocycles. The van der Waals surface area contributed by atoms with Crippen molar-refractivity contribution >= 4 is 17.5 Å². The summed E-state index contributed by atoms with van der Waals surface area (Å²) < 4.78 is 11.1. The average molecular weight is 391 g/mol. The van der Waals surface area contributed by atoms with Crippen LogP contribution in [0.5, 0.6) is 11.5 Å². The largest absolute Gasteiger partial charge is 0.486 e. The molecule has 148 valence electrons. The molecule has 0 saturated heterocycles. The van der Waals surface area contributed by atoms with E-state index in [1.807, 2.05) is 30.3 Å². The fourth-order valence-electron chi connectivity index (χ4n) is 2.92. The molecule has 1 aromatic carbocycles. The number of anilines is 2. The van der Waals surface area contributed by atoms with Crippen molar-refractivity contribution < 1.29 is 14.3 Å². The summed E-state index contributed by atoms with van der Waals surface area (Å²) in [6.45, 7) is 1.67. The van der Waals surface area contributed by atoms with E-state index in [1.54, 1.807) is 24.3 Å². The number of hydrogen-bond donors (Lipinski definition) is 1. The van der Waals surface area contributed by atoms with Gasteiger partial charge in [0.05, 0.1) is 5.56 Å². The fourth-order valence-corrected chi connectivity index (χ4v) is 2.92. The summed E-state index contributed by atoms with van der Waals surface area (Å²) in [6, 6.07) is 9.43. The second-order valence-electron chi connectivity index (χ2n) is 6.61. The van der Waals surface area contributed by atoms with Crippen molar-refractivity contribution in [3.63, 3.8) is 0 Å². The van der Waals surface area contributed by atoms with Crippen molar-refractivity contribution in [3.05, 3.63) is 66.2 Å². The fraction of sp³-hybridized carbons (Fsp3) is 0.238. The first-order valence-corrected chi connectivity index (χ1v) is 9.32. The number of carbonyl (C=O) groups is 1. The van der Waals surface area contributed by atoms with E-state index in [-0.39, 0.29) is 5.91 Å². The maximum Gasteiger partial charge on any atom is 0.256 e. The van der Waals surface area contributed by atoms with E-state index < -0.39 is 0 Å². The Bertz CT molecular complexity index is 979. The predicted octanol–water partition coefficient (Wildman–Crippen LogP) is 2.70. The third-order valence-corrected chi connectivity index (χ3v) is 4.53. The molecule has 8 nitrogen and oxygen atoms in total. The van der Waals surface area contributed by atoms with Gasteiger partial charge in [-0.05, 0) is 36.2 Å². The summed E-state index contributed by atoms with van der Waals surface area (Å²) >= 11 is 0. The number of rotatable bonds is 6. The summed E-state index contributed by atoms with van der Waals surface area (Å²) in [6.07, 6.45) is 7.31. The van der Waals surface area contributed by atoms with Gasteiger partial charge in [0, 0.05) is 50.1 Å². The molecule has 1 N–H and O–H groups in total. The molecule has 8 heteroatoms. The quantitative estimate of drug-likeness (QED) is 0.691. The average Bonchev–Trinajstić information content (AvgIpc) is 2.78. The number of hydrogen-bond acceptors (Lipinski definition) is 7. The van der Waals surface area contributed by atoms with Crippen LogP contribution in [0.2, 0.25) is 0 Å². The SMILES string of the molecule is CN(CCc1ccncc1)C(=O)c1cnc(Nc2ccc3c(c2)OCCO3)nc1. The van der Waals surface area contributed by atoms with Gasteiger partial charge in [0.1, 0.15) is 13.2 Å². The van der Waals surface area contributed by atoms with E-state index in [9.17, 15) is 4.79 Å². The first-order valence-electron chi connectivity index (χ1n) is 9.32. The number of aromatic nitrogens is 3. The van der Waals surface area contributed by atoms with E-state index >= 15 is 0 Å². The van der Waals surface area contributed by atoms with Gasteiger partial charge in [0.25, 0.3) is 5.91 Å². The molecular formula is C21H21N5O3. The smallest absolute Gasteiger partial charge is 0.256 e. The van der Waals surface area contributed by atoms with Crippen molar-refractivity contribution in [2.75, 3.05) is 32.1 Å². The Kier molecular flexibility index (Phi) is 5.51. The highest BCUT2D eigenvalue weighted by Crippen LogP contribution is 2.33. The van der Waals surface area contributed by atoms with Gasteiger partial charge in [-0.1, -0.05) is 0 Å². The number of pyridine rings is 1. The maximum absolute atomic E-state index is 12.6. The van der Waals surface area contributed by atoms with E-state index in [2.05, 4.69) is 20.3 Å². The summed E-state index contributed by atoms with van der Waals surface area (Å²) in [5, 5.41) is 3.11. The summed E-state index contributed by atoms with van der Waals surface area (Å²) in [5.41, 5.74) is 2.35. The van der Waals surface area contributed by atoms with Crippen LogP contribution in [0.4, 0.5) is 11.6 Å². The molecule has 2 aromatic heterocycles. The van der Waals surface area contributed by atoms with Crippen LogP contribution in [0.3, 0.4) is 0 Å². The number of fused-ring (bicyclic) bond motifs is 1. The second-order valence-corrected chi connectivity index (χ2v) is 6.61. The molecule has 0 bridgehead atoms. The van der Waals surface area contributed by atoms with Gasteiger partial charge in [0.15, 0.2) is 11.5 Å². The molecule has 4 rings (SSSR count). The van der Waals surface area contributed by atoms with Gasteiger partial charge >= 0.3 is 0 Å². The first kappa shape index (κ1) is 18.7. The zero-order chi connectivity index (χ0) is 20.1. The molecule has 1 amide bonds. The highest BCUT2D eigenvalue weighted by molar-refractivity contribution is 5.93. The molecule has 0 unspecified atom stereocenters. The van der Waals surface area contributed by atoms with Gasteiger partial charge in [-0.3, -0.25) is 9.78 Å². The lowest BCUT2D eigenvalue weighted by Crippen LogP contribution is -2.29. The van der Waals surface area contributed by atoms with Crippen LogP contribution in [0, 0.1) is 0 Å². The van der Waals surface area contributed by atoms with E-state index in [1.165, 1.54) is 12.4 Å². The molecule has 0 fully saturated rings. The minimum absolute atomic E-state index is 0.120. The molecule has 0 saturated carbocycles. The standard InChI is InChI=1S/C21H21N5O3/c1-26(9-6-15-4-7-22-8-5-15)20(27)16-13-23-21(24-14-16)25-17-2-3-18-19(12-17)29-11-10-28-18/h2-5,7-8,12-14H,6,9-11H2,1H3,(H,23,24,25). The van der Waals surface area contributed by atoms with Crippen LogP contribution in [0.25, 0.3) is 0 Å².